The van der Waals surface area contributed by atoms with Crippen molar-refractivity contribution in [1.29, 1.82) is 0 Å². The van der Waals surface area contributed by atoms with Crippen molar-refractivity contribution in [1.82, 2.24) is 5.43 Å². The first kappa shape index (κ1) is 10.4. The minimum atomic E-state index is 0.218. The summed E-state index contributed by atoms with van der Waals surface area (Å²) in [7, 11) is 0. The van der Waals surface area contributed by atoms with Crippen LogP contribution >= 0.6 is 22.9 Å². The Morgan fingerprint density at radius 2 is 2.36 bits per heavy atom. The zero-order valence-electron chi connectivity index (χ0n) is 8.16. The largest absolute Gasteiger partial charge is 0.271 e. The standard InChI is InChI=1S/C10H15ClN2S/c1-6(7-2-3-7)9(13-12)10-8(11)4-5-14-10/h4-7,9,13H,2-3,12H2,1H3. The van der Waals surface area contributed by atoms with Crippen molar-refractivity contribution in [2.75, 3.05) is 0 Å². The highest BCUT2D eigenvalue weighted by Gasteiger charge is 2.34. The van der Waals surface area contributed by atoms with Gasteiger partial charge in [-0.25, -0.2) is 0 Å². The number of hydrazine groups is 1. The normalized spacial score (nSPS) is 20.8. The molecule has 0 saturated heterocycles. The molecule has 0 amide bonds. The molecule has 4 heteroatoms. The molecule has 1 aliphatic carbocycles. The van der Waals surface area contributed by atoms with E-state index in [0.717, 1.165) is 10.9 Å². The van der Waals surface area contributed by atoms with E-state index in [2.05, 4.69) is 12.3 Å². The summed E-state index contributed by atoms with van der Waals surface area (Å²) in [6.45, 7) is 2.25. The highest BCUT2D eigenvalue weighted by molar-refractivity contribution is 7.10. The maximum Gasteiger partial charge on any atom is 0.0596 e. The lowest BCUT2D eigenvalue weighted by atomic mass is 9.96. The van der Waals surface area contributed by atoms with Gasteiger partial charge in [0.1, 0.15) is 0 Å². The third-order valence-corrected chi connectivity index (χ3v) is 4.44. The molecule has 0 bridgehead atoms. The lowest BCUT2D eigenvalue weighted by Gasteiger charge is -2.22. The SMILES string of the molecule is CC(C1CC1)C(NN)c1sccc1Cl. The number of hydrogen-bond donors (Lipinski definition) is 2. The fraction of sp³-hybridized carbons (Fsp3) is 0.600. The van der Waals surface area contributed by atoms with Crippen molar-refractivity contribution < 1.29 is 0 Å². The Morgan fingerprint density at radius 1 is 1.64 bits per heavy atom. The van der Waals surface area contributed by atoms with Crippen molar-refractivity contribution in [2.24, 2.45) is 17.7 Å². The molecule has 1 aromatic rings. The Labute approximate surface area is 93.4 Å². The average Bonchev–Trinajstić information content (AvgIpc) is 2.94. The van der Waals surface area contributed by atoms with E-state index in [-0.39, 0.29) is 6.04 Å². The molecule has 1 saturated carbocycles. The molecule has 2 atom stereocenters. The lowest BCUT2D eigenvalue weighted by Crippen LogP contribution is -2.32. The van der Waals surface area contributed by atoms with Gasteiger partial charge in [0.15, 0.2) is 0 Å². The van der Waals surface area contributed by atoms with Gasteiger partial charge in [0.05, 0.1) is 11.1 Å². The second-order valence-electron chi connectivity index (χ2n) is 3.97. The minimum Gasteiger partial charge on any atom is -0.271 e. The summed E-state index contributed by atoms with van der Waals surface area (Å²) in [4.78, 5) is 1.17. The number of nitrogens with one attached hydrogen (secondary N) is 1. The summed E-state index contributed by atoms with van der Waals surface area (Å²) in [5.41, 5.74) is 2.89. The summed E-state index contributed by atoms with van der Waals surface area (Å²) >= 11 is 7.78. The number of nitrogens with two attached hydrogens (primary N) is 1. The third kappa shape index (κ3) is 1.96. The molecule has 2 unspecified atom stereocenters. The van der Waals surface area contributed by atoms with Crippen LogP contribution in [0.1, 0.15) is 30.7 Å². The zero-order chi connectivity index (χ0) is 10.1. The Balaban J connectivity index is 2.16. The van der Waals surface area contributed by atoms with Crippen LogP contribution in [-0.4, -0.2) is 0 Å². The van der Waals surface area contributed by atoms with Gasteiger partial charge in [-0.1, -0.05) is 18.5 Å². The van der Waals surface area contributed by atoms with Gasteiger partial charge >= 0.3 is 0 Å². The third-order valence-electron chi connectivity index (χ3n) is 3.00. The lowest BCUT2D eigenvalue weighted by molar-refractivity contribution is 0.359. The van der Waals surface area contributed by atoms with Crippen molar-refractivity contribution in [3.63, 3.8) is 0 Å². The van der Waals surface area contributed by atoms with Gasteiger partial charge < -0.3 is 0 Å². The molecule has 0 aliphatic heterocycles. The van der Waals surface area contributed by atoms with Crippen molar-refractivity contribution in [3.05, 3.63) is 21.3 Å². The predicted molar refractivity (Wildman–Crippen MR) is 61.3 cm³/mol. The van der Waals surface area contributed by atoms with Gasteiger partial charge in [-0.2, -0.15) is 0 Å². The highest BCUT2D eigenvalue weighted by atomic mass is 35.5. The van der Waals surface area contributed by atoms with Gasteiger partial charge in [-0.15, -0.1) is 11.3 Å². The molecule has 1 fully saturated rings. The van der Waals surface area contributed by atoms with Gasteiger partial charge in [-0.05, 0) is 36.1 Å². The van der Waals surface area contributed by atoms with Crippen molar-refractivity contribution in [2.45, 2.75) is 25.8 Å². The second kappa shape index (κ2) is 4.19. The van der Waals surface area contributed by atoms with Gasteiger partial charge in [0.2, 0.25) is 0 Å². The summed E-state index contributed by atoms with van der Waals surface area (Å²) < 4.78 is 0. The zero-order valence-corrected chi connectivity index (χ0v) is 9.74. The van der Waals surface area contributed by atoms with Gasteiger partial charge in [0, 0.05) is 4.88 Å². The summed E-state index contributed by atoms with van der Waals surface area (Å²) in [5.74, 6) is 7.01. The van der Waals surface area contributed by atoms with Crippen LogP contribution in [0.25, 0.3) is 0 Å². The van der Waals surface area contributed by atoms with Gasteiger partial charge in [0.25, 0.3) is 0 Å². The predicted octanol–water partition coefficient (Wildman–Crippen LogP) is 2.95. The van der Waals surface area contributed by atoms with Crippen LogP contribution in [0.3, 0.4) is 0 Å². The average molecular weight is 231 g/mol. The van der Waals surface area contributed by atoms with E-state index < -0.39 is 0 Å². The summed E-state index contributed by atoms with van der Waals surface area (Å²) in [6.07, 6.45) is 2.67. The Hall–Kier alpha value is -0.0900. The van der Waals surface area contributed by atoms with Crippen LogP contribution < -0.4 is 11.3 Å². The maximum atomic E-state index is 6.10. The molecular formula is C10H15ClN2S. The van der Waals surface area contributed by atoms with E-state index >= 15 is 0 Å². The first-order valence-electron chi connectivity index (χ1n) is 4.93. The Kier molecular flexibility index (Phi) is 3.12. The molecule has 78 valence electrons. The van der Waals surface area contributed by atoms with Gasteiger partial charge in [-0.3, -0.25) is 11.3 Å². The number of hydrogen-bond acceptors (Lipinski definition) is 3. The molecule has 1 heterocycles. The molecule has 1 aromatic heterocycles. The van der Waals surface area contributed by atoms with E-state index in [4.69, 9.17) is 17.4 Å². The van der Waals surface area contributed by atoms with E-state index in [1.165, 1.54) is 17.7 Å². The monoisotopic (exact) mass is 230 g/mol. The summed E-state index contributed by atoms with van der Waals surface area (Å²) in [6, 6.07) is 2.15. The first-order valence-corrected chi connectivity index (χ1v) is 6.18. The molecule has 2 rings (SSSR count). The number of thiophene rings is 1. The van der Waals surface area contributed by atoms with Crippen LogP contribution in [0, 0.1) is 11.8 Å². The van der Waals surface area contributed by atoms with Crippen LogP contribution in [0.2, 0.25) is 5.02 Å². The van der Waals surface area contributed by atoms with Crippen LogP contribution in [-0.2, 0) is 0 Å². The van der Waals surface area contributed by atoms with E-state index in [9.17, 15) is 0 Å². The molecule has 14 heavy (non-hydrogen) atoms. The molecule has 2 nitrogen and oxygen atoms in total. The van der Waals surface area contributed by atoms with Crippen molar-refractivity contribution in [3.8, 4) is 0 Å². The fourth-order valence-electron chi connectivity index (χ4n) is 1.89. The molecule has 0 aromatic carbocycles. The summed E-state index contributed by atoms with van der Waals surface area (Å²) in [5, 5.41) is 2.85. The molecule has 3 N–H and O–H groups in total. The van der Waals surface area contributed by atoms with Crippen LogP contribution in [0.4, 0.5) is 0 Å². The maximum absolute atomic E-state index is 6.10. The first-order chi connectivity index (χ1) is 6.74. The molecule has 0 radical (unpaired) electrons. The van der Waals surface area contributed by atoms with E-state index in [1.807, 2.05) is 11.4 Å². The van der Waals surface area contributed by atoms with E-state index in [1.54, 1.807) is 11.3 Å². The van der Waals surface area contributed by atoms with Crippen molar-refractivity contribution >= 4 is 22.9 Å². The molecule has 1 aliphatic rings. The highest BCUT2D eigenvalue weighted by Crippen LogP contribution is 2.44. The Bertz CT molecular complexity index is 309. The fourth-order valence-corrected chi connectivity index (χ4v) is 3.24. The number of rotatable bonds is 4. The quantitative estimate of drug-likeness (QED) is 0.617. The second-order valence-corrected chi connectivity index (χ2v) is 5.33. The Morgan fingerprint density at radius 3 is 2.79 bits per heavy atom. The van der Waals surface area contributed by atoms with Crippen LogP contribution in [0.15, 0.2) is 11.4 Å². The molecular weight excluding hydrogens is 216 g/mol. The van der Waals surface area contributed by atoms with E-state index in [0.29, 0.717) is 5.92 Å². The number of halogens is 1. The topological polar surface area (TPSA) is 38.0 Å². The minimum absolute atomic E-state index is 0.218. The molecule has 0 spiro atoms. The van der Waals surface area contributed by atoms with Crippen LogP contribution in [0.5, 0.6) is 0 Å². The smallest absolute Gasteiger partial charge is 0.0596 e.